The highest BCUT2D eigenvalue weighted by molar-refractivity contribution is 7.22. The van der Waals surface area contributed by atoms with Gasteiger partial charge >= 0.3 is 5.97 Å². The molecule has 0 saturated heterocycles. The number of benzene rings is 1. The molecule has 0 bridgehead atoms. The molecule has 0 amide bonds. The number of hydrogen-bond acceptors (Lipinski definition) is 5. The van der Waals surface area contributed by atoms with Gasteiger partial charge in [-0.05, 0) is 55.5 Å². The van der Waals surface area contributed by atoms with E-state index in [1.807, 2.05) is 36.5 Å². The molecule has 0 N–H and O–H groups in total. The first-order valence-corrected chi connectivity index (χ1v) is 10.9. The Kier molecular flexibility index (Phi) is 7.74. The fourth-order valence-electron chi connectivity index (χ4n) is 3.02. The lowest BCUT2D eigenvalue weighted by Gasteiger charge is -2.16. The molecule has 4 nitrogen and oxygen atoms in total. The maximum atomic E-state index is 14.0. The molecule has 0 unspecified atom stereocenters. The predicted molar refractivity (Wildman–Crippen MR) is 120 cm³/mol. The van der Waals surface area contributed by atoms with Gasteiger partial charge < -0.3 is 9.47 Å². The van der Waals surface area contributed by atoms with Crippen molar-refractivity contribution in [1.29, 1.82) is 0 Å². The van der Waals surface area contributed by atoms with Crippen LogP contribution in [0.5, 0.6) is 5.75 Å². The summed E-state index contributed by atoms with van der Waals surface area (Å²) in [6.07, 6.45) is 3.32. The van der Waals surface area contributed by atoms with Gasteiger partial charge in [-0.25, -0.2) is 13.6 Å². The number of nitrogens with zero attached hydrogens (tertiary/aromatic N) is 1. The van der Waals surface area contributed by atoms with Crippen LogP contribution in [-0.2, 0) is 9.53 Å². The molecule has 0 aliphatic carbocycles. The van der Waals surface area contributed by atoms with Crippen molar-refractivity contribution < 1.29 is 23.0 Å². The molecule has 0 aliphatic rings. The molecule has 31 heavy (non-hydrogen) atoms. The molecule has 2 heterocycles. The number of ether oxygens (including phenoxy) is 2. The Morgan fingerprint density at radius 1 is 1.16 bits per heavy atom. The molecular formula is C24H25F2NO3S. The summed E-state index contributed by atoms with van der Waals surface area (Å²) in [6.45, 7) is 5.16. The molecule has 7 heteroatoms. The Hall–Kier alpha value is -2.80. The zero-order chi connectivity index (χ0) is 22.3. The second-order valence-electron chi connectivity index (χ2n) is 7.38. The van der Waals surface area contributed by atoms with Crippen LogP contribution >= 0.6 is 11.3 Å². The minimum absolute atomic E-state index is 0.0281. The number of rotatable bonds is 11. The number of carbonyl (C=O) groups excluding carboxylic acids is 1. The maximum Gasteiger partial charge on any atom is 0.333 e. The lowest BCUT2D eigenvalue weighted by molar-refractivity contribution is -0.139. The van der Waals surface area contributed by atoms with E-state index in [0.717, 1.165) is 20.5 Å². The zero-order valence-electron chi connectivity index (χ0n) is 17.4. The van der Waals surface area contributed by atoms with Crippen molar-refractivity contribution in [2.45, 2.75) is 38.5 Å². The van der Waals surface area contributed by atoms with Crippen molar-refractivity contribution in [1.82, 2.24) is 4.98 Å². The van der Waals surface area contributed by atoms with Crippen molar-refractivity contribution in [3.63, 3.8) is 0 Å². The quantitative estimate of drug-likeness (QED) is 0.188. The molecule has 0 radical (unpaired) electrons. The van der Waals surface area contributed by atoms with Crippen LogP contribution in [0.3, 0.4) is 0 Å². The second kappa shape index (κ2) is 10.5. The van der Waals surface area contributed by atoms with Crippen LogP contribution in [-0.4, -0.2) is 30.1 Å². The summed E-state index contributed by atoms with van der Waals surface area (Å²) >= 11 is 1.64. The molecule has 3 aromatic rings. The Morgan fingerprint density at radius 2 is 1.94 bits per heavy atom. The lowest BCUT2D eigenvalue weighted by atomic mass is 10.1. The first kappa shape index (κ1) is 22.9. The number of alkyl halides is 2. The van der Waals surface area contributed by atoms with E-state index in [-0.39, 0.29) is 44.5 Å². The van der Waals surface area contributed by atoms with E-state index < -0.39 is 11.9 Å². The highest BCUT2D eigenvalue weighted by Crippen LogP contribution is 2.35. The monoisotopic (exact) mass is 445 g/mol. The van der Waals surface area contributed by atoms with Gasteiger partial charge in [-0.15, -0.1) is 11.3 Å². The molecular weight excluding hydrogens is 420 g/mol. The Bertz CT molecular complexity index is 1030. The third-order valence-corrected chi connectivity index (χ3v) is 5.81. The number of thiophene rings is 1. The van der Waals surface area contributed by atoms with E-state index in [4.69, 9.17) is 9.47 Å². The van der Waals surface area contributed by atoms with Gasteiger partial charge in [0.25, 0.3) is 0 Å². The summed E-state index contributed by atoms with van der Waals surface area (Å²) in [4.78, 5) is 16.5. The van der Waals surface area contributed by atoms with Crippen LogP contribution < -0.4 is 4.74 Å². The summed E-state index contributed by atoms with van der Waals surface area (Å²) in [5, 5.41) is 1.11. The Balaban J connectivity index is 1.43. The van der Waals surface area contributed by atoms with Crippen LogP contribution in [0.1, 0.15) is 32.6 Å². The SMILES string of the molecule is C=C(C)C(=O)OCCCC(F)(F)CCCOc1ccc2cc(-c3cccnc3)sc2c1. The van der Waals surface area contributed by atoms with Gasteiger partial charge in [0.1, 0.15) is 5.75 Å². The van der Waals surface area contributed by atoms with E-state index in [1.54, 1.807) is 17.5 Å². The van der Waals surface area contributed by atoms with E-state index >= 15 is 0 Å². The lowest BCUT2D eigenvalue weighted by Crippen LogP contribution is -2.18. The van der Waals surface area contributed by atoms with Gasteiger partial charge in [0.15, 0.2) is 0 Å². The number of halogens is 2. The van der Waals surface area contributed by atoms with E-state index in [9.17, 15) is 13.6 Å². The highest BCUT2D eigenvalue weighted by atomic mass is 32.1. The van der Waals surface area contributed by atoms with Crippen LogP contribution in [0, 0.1) is 0 Å². The fourth-order valence-corrected chi connectivity index (χ4v) is 4.10. The van der Waals surface area contributed by atoms with E-state index in [2.05, 4.69) is 17.6 Å². The first-order valence-electron chi connectivity index (χ1n) is 10.1. The topological polar surface area (TPSA) is 48.4 Å². The molecule has 164 valence electrons. The smallest absolute Gasteiger partial charge is 0.333 e. The van der Waals surface area contributed by atoms with Crippen molar-refractivity contribution in [3.05, 3.63) is 60.9 Å². The number of pyridine rings is 1. The van der Waals surface area contributed by atoms with E-state index in [1.165, 1.54) is 6.92 Å². The number of hydrogen-bond donors (Lipinski definition) is 0. The van der Waals surface area contributed by atoms with E-state index in [0.29, 0.717) is 5.75 Å². The van der Waals surface area contributed by atoms with Crippen LogP contribution in [0.2, 0.25) is 0 Å². The van der Waals surface area contributed by atoms with Gasteiger partial charge in [0, 0.05) is 45.9 Å². The standard InChI is InChI=1S/C24H25F2NO3S/c1-17(2)23(28)30-13-5-10-24(25,26)9-4-12-29-20-8-7-18-14-21(31-22(18)15-20)19-6-3-11-27-16-19/h3,6-8,11,14-16H,1,4-5,9-10,12-13H2,2H3. The summed E-state index contributed by atoms with van der Waals surface area (Å²) < 4.78 is 39.6. The highest BCUT2D eigenvalue weighted by Gasteiger charge is 2.27. The van der Waals surface area contributed by atoms with Crippen LogP contribution in [0.4, 0.5) is 8.78 Å². The molecule has 0 atom stereocenters. The second-order valence-corrected chi connectivity index (χ2v) is 8.46. The van der Waals surface area contributed by atoms with Gasteiger partial charge in [-0.1, -0.05) is 12.6 Å². The van der Waals surface area contributed by atoms with Crippen LogP contribution in [0.25, 0.3) is 20.5 Å². The molecule has 0 fully saturated rings. The first-order chi connectivity index (χ1) is 14.8. The summed E-state index contributed by atoms with van der Waals surface area (Å²) in [5.74, 6) is -2.69. The molecule has 0 aliphatic heterocycles. The summed E-state index contributed by atoms with van der Waals surface area (Å²) in [6, 6.07) is 11.8. The Morgan fingerprint density at radius 3 is 2.65 bits per heavy atom. The minimum Gasteiger partial charge on any atom is -0.494 e. The molecule has 1 aromatic carbocycles. The molecule has 2 aromatic heterocycles. The van der Waals surface area contributed by atoms with Crippen molar-refractivity contribution >= 4 is 27.4 Å². The van der Waals surface area contributed by atoms with Gasteiger partial charge in [0.2, 0.25) is 5.92 Å². The van der Waals surface area contributed by atoms with Crippen LogP contribution in [0.15, 0.2) is 60.9 Å². The number of aromatic nitrogens is 1. The molecule has 0 saturated carbocycles. The normalized spacial score (nSPS) is 11.5. The van der Waals surface area contributed by atoms with Crippen molar-refractivity contribution in [3.8, 4) is 16.2 Å². The zero-order valence-corrected chi connectivity index (χ0v) is 18.2. The average molecular weight is 446 g/mol. The molecule has 3 rings (SSSR count). The summed E-state index contributed by atoms with van der Waals surface area (Å²) in [7, 11) is 0. The third kappa shape index (κ3) is 6.85. The van der Waals surface area contributed by atoms with Gasteiger partial charge in [0.05, 0.1) is 13.2 Å². The maximum absolute atomic E-state index is 14.0. The van der Waals surface area contributed by atoms with Crippen molar-refractivity contribution in [2.24, 2.45) is 0 Å². The Labute approximate surface area is 184 Å². The largest absolute Gasteiger partial charge is 0.494 e. The fraction of sp³-hybridized carbons (Fsp3) is 0.333. The number of carbonyl (C=O) groups is 1. The van der Waals surface area contributed by atoms with Crippen molar-refractivity contribution in [2.75, 3.05) is 13.2 Å². The van der Waals surface area contributed by atoms with Gasteiger partial charge in [-0.2, -0.15) is 0 Å². The number of fused-ring (bicyclic) bond motifs is 1. The third-order valence-electron chi connectivity index (χ3n) is 4.66. The average Bonchev–Trinajstić information content (AvgIpc) is 3.18. The molecule has 0 spiro atoms. The minimum atomic E-state index is -2.81. The predicted octanol–water partition coefficient (Wildman–Crippen LogP) is 6.66. The number of esters is 1. The summed E-state index contributed by atoms with van der Waals surface area (Å²) in [5.41, 5.74) is 1.32. The van der Waals surface area contributed by atoms with Gasteiger partial charge in [-0.3, -0.25) is 4.98 Å².